The molecule has 1 aromatic carbocycles. The second kappa shape index (κ2) is 8.09. The van der Waals surface area contributed by atoms with E-state index in [1.54, 1.807) is 6.92 Å². The number of halogens is 1. The zero-order chi connectivity index (χ0) is 13.4. The number of hydrogen-bond donors (Lipinski definition) is 0. The van der Waals surface area contributed by atoms with Crippen LogP contribution in [0.3, 0.4) is 0 Å². The molecule has 1 aromatic rings. The van der Waals surface area contributed by atoms with Crippen LogP contribution in [0.1, 0.15) is 41.6 Å². The molecule has 3 heteroatoms. The number of hydrogen-bond acceptors (Lipinski definition) is 2. The van der Waals surface area contributed by atoms with Crippen molar-refractivity contribution in [2.75, 3.05) is 11.9 Å². The van der Waals surface area contributed by atoms with E-state index in [0.717, 1.165) is 18.2 Å². The van der Waals surface area contributed by atoms with E-state index < -0.39 is 0 Å². The molecule has 0 amide bonds. The molecule has 0 aromatic heterocycles. The average molecular weight is 311 g/mol. The first-order chi connectivity index (χ1) is 8.72. The molecule has 1 unspecified atom stereocenters. The Hall–Kier alpha value is -1.09. The zero-order valence-corrected chi connectivity index (χ0v) is 12.3. The van der Waals surface area contributed by atoms with Gasteiger partial charge in [-0.2, -0.15) is 0 Å². The Morgan fingerprint density at radius 3 is 2.61 bits per heavy atom. The van der Waals surface area contributed by atoms with Crippen molar-refractivity contribution in [2.24, 2.45) is 0 Å². The van der Waals surface area contributed by atoms with Crippen LogP contribution in [-0.4, -0.2) is 17.9 Å². The third kappa shape index (κ3) is 4.30. The van der Waals surface area contributed by atoms with E-state index in [4.69, 9.17) is 4.74 Å². The molecule has 1 rings (SSSR count). The minimum atomic E-state index is -0.264. The number of esters is 1. The van der Waals surface area contributed by atoms with E-state index >= 15 is 0 Å². The van der Waals surface area contributed by atoms with E-state index in [2.05, 4.69) is 22.5 Å². The van der Waals surface area contributed by atoms with Gasteiger partial charge in [0.1, 0.15) is 0 Å². The highest BCUT2D eigenvalue weighted by atomic mass is 79.9. The summed E-state index contributed by atoms with van der Waals surface area (Å²) < 4.78 is 4.95. The smallest absolute Gasteiger partial charge is 0.338 e. The number of carbonyl (C=O) groups is 1. The molecule has 0 radical (unpaired) electrons. The maximum absolute atomic E-state index is 11.5. The predicted molar refractivity (Wildman–Crippen MR) is 78.4 cm³/mol. The lowest BCUT2D eigenvalue weighted by Gasteiger charge is -2.12. The normalized spacial score (nSPS) is 11.9. The fraction of sp³-hybridized carbons (Fsp3) is 0.400. The fourth-order valence-corrected chi connectivity index (χ4v) is 2.12. The molecule has 0 N–H and O–H groups in total. The first-order valence-electron chi connectivity index (χ1n) is 6.18. The van der Waals surface area contributed by atoms with E-state index in [1.165, 1.54) is 5.56 Å². The minimum absolute atomic E-state index is 0.264. The summed E-state index contributed by atoms with van der Waals surface area (Å²) in [5, 5.41) is 0.998. The molecule has 0 fully saturated rings. The number of ether oxygens (including phenoxy) is 1. The molecule has 0 spiro atoms. The van der Waals surface area contributed by atoms with Crippen LogP contribution in [-0.2, 0) is 4.74 Å². The summed E-state index contributed by atoms with van der Waals surface area (Å²) in [7, 11) is 0. The SMILES string of the molecule is C=CC(CCCBr)c1ccc(C(=O)OCC)cc1. The highest BCUT2D eigenvalue weighted by molar-refractivity contribution is 9.09. The van der Waals surface area contributed by atoms with Gasteiger partial charge in [0.25, 0.3) is 0 Å². The summed E-state index contributed by atoms with van der Waals surface area (Å²) in [6.45, 7) is 6.08. The number of allylic oxidation sites excluding steroid dienone is 1. The fourth-order valence-electron chi connectivity index (χ4n) is 1.80. The van der Waals surface area contributed by atoms with Crippen molar-refractivity contribution in [3.05, 3.63) is 48.0 Å². The summed E-state index contributed by atoms with van der Waals surface area (Å²) >= 11 is 3.43. The third-order valence-corrected chi connectivity index (χ3v) is 3.34. The zero-order valence-electron chi connectivity index (χ0n) is 10.7. The van der Waals surface area contributed by atoms with Crippen LogP contribution in [0.25, 0.3) is 0 Å². The van der Waals surface area contributed by atoms with E-state index in [-0.39, 0.29) is 5.97 Å². The summed E-state index contributed by atoms with van der Waals surface area (Å²) in [6, 6.07) is 7.59. The molecule has 98 valence electrons. The molecule has 0 bridgehead atoms. The molecule has 1 atom stereocenters. The topological polar surface area (TPSA) is 26.3 Å². The van der Waals surface area contributed by atoms with Gasteiger partial charge in [-0.05, 0) is 37.5 Å². The van der Waals surface area contributed by atoms with Crippen LogP contribution < -0.4 is 0 Å². The monoisotopic (exact) mass is 310 g/mol. The Balaban J connectivity index is 2.74. The van der Waals surface area contributed by atoms with E-state index in [1.807, 2.05) is 30.3 Å². The third-order valence-electron chi connectivity index (χ3n) is 2.78. The van der Waals surface area contributed by atoms with Crippen molar-refractivity contribution in [1.82, 2.24) is 0 Å². The first kappa shape index (κ1) is 15.0. The van der Waals surface area contributed by atoms with Gasteiger partial charge in [-0.15, -0.1) is 6.58 Å². The number of benzene rings is 1. The Bertz CT molecular complexity index is 384. The van der Waals surface area contributed by atoms with Crippen molar-refractivity contribution in [3.63, 3.8) is 0 Å². The van der Waals surface area contributed by atoms with Crippen LogP contribution in [0.15, 0.2) is 36.9 Å². The number of carbonyl (C=O) groups excluding carboxylic acids is 1. The van der Waals surface area contributed by atoms with Gasteiger partial charge < -0.3 is 4.74 Å². The Kier molecular flexibility index (Phi) is 6.73. The summed E-state index contributed by atoms with van der Waals surface area (Å²) in [5.41, 5.74) is 1.79. The highest BCUT2D eigenvalue weighted by Crippen LogP contribution is 2.23. The van der Waals surface area contributed by atoms with Crippen molar-refractivity contribution >= 4 is 21.9 Å². The lowest BCUT2D eigenvalue weighted by atomic mass is 9.94. The molecule has 0 aliphatic carbocycles. The average Bonchev–Trinajstić information content (AvgIpc) is 2.40. The van der Waals surface area contributed by atoms with Crippen LogP contribution in [0.4, 0.5) is 0 Å². The number of rotatable bonds is 7. The van der Waals surface area contributed by atoms with Gasteiger partial charge in [-0.3, -0.25) is 0 Å². The quantitative estimate of drug-likeness (QED) is 0.426. The van der Waals surface area contributed by atoms with Gasteiger partial charge in [0, 0.05) is 11.2 Å². The van der Waals surface area contributed by atoms with Crippen molar-refractivity contribution in [2.45, 2.75) is 25.7 Å². The predicted octanol–water partition coefficient (Wildman–Crippen LogP) is 4.31. The lowest BCUT2D eigenvalue weighted by molar-refractivity contribution is 0.0526. The molecule has 0 heterocycles. The number of alkyl halides is 1. The van der Waals surface area contributed by atoms with Gasteiger partial charge in [0.05, 0.1) is 12.2 Å². The van der Waals surface area contributed by atoms with Crippen LogP contribution in [0, 0.1) is 0 Å². The summed E-state index contributed by atoms with van der Waals surface area (Å²) in [4.78, 5) is 11.5. The standard InChI is InChI=1S/C15H19BrO2/c1-3-12(6-5-11-16)13-7-9-14(10-8-13)15(17)18-4-2/h3,7-10,12H,1,4-6,11H2,2H3. The highest BCUT2D eigenvalue weighted by Gasteiger charge is 2.10. The van der Waals surface area contributed by atoms with Gasteiger partial charge in [-0.1, -0.05) is 34.1 Å². The Labute approximate surface area is 117 Å². The largest absolute Gasteiger partial charge is 0.462 e. The molecule has 0 saturated heterocycles. The molecule has 2 nitrogen and oxygen atoms in total. The summed E-state index contributed by atoms with van der Waals surface area (Å²) in [6.07, 6.45) is 4.13. The van der Waals surface area contributed by atoms with Crippen LogP contribution in [0.5, 0.6) is 0 Å². The summed E-state index contributed by atoms with van der Waals surface area (Å²) in [5.74, 6) is 0.0819. The van der Waals surface area contributed by atoms with Gasteiger partial charge >= 0.3 is 5.97 Å². The molecule has 0 aliphatic heterocycles. The maximum atomic E-state index is 11.5. The Morgan fingerprint density at radius 2 is 2.11 bits per heavy atom. The van der Waals surface area contributed by atoms with Crippen LogP contribution >= 0.6 is 15.9 Å². The Morgan fingerprint density at radius 1 is 1.44 bits per heavy atom. The van der Waals surface area contributed by atoms with E-state index in [9.17, 15) is 4.79 Å². The molecule has 0 aliphatic rings. The minimum Gasteiger partial charge on any atom is -0.462 e. The van der Waals surface area contributed by atoms with Crippen LogP contribution in [0.2, 0.25) is 0 Å². The van der Waals surface area contributed by atoms with Crippen molar-refractivity contribution in [1.29, 1.82) is 0 Å². The second-order valence-electron chi connectivity index (χ2n) is 4.02. The van der Waals surface area contributed by atoms with Gasteiger partial charge in [0.2, 0.25) is 0 Å². The van der Waals surface area contributed by atoms with Gasteiger partial charge in [-0.25, -0.2) is 4.79 Å². The molecule has 18 heavy (non-hydrogen) atoms. The molecular weight excluding hydrogens is 292 g/mol. The van der Waals surface area contributed by atoms with E-state index in [0.29, 0.717) is 18.1 Å². The first-order valence-corrected chi connectivity index (χ1v) is 7.30. The molecule has 0 saturated carbocycles. The van der Waals surface area contributed by atoms with Crippen molar-refractivity contribution in [3.8, 4) is 0 Å². The van der Waals surface area contributed by atoms with Gasteiger partial charge in [0.15, 0.2) is 0 Å². The lowest BCUT2D eigenvalue weighted by Crippen LogP contribution is -2.05. The maximum Gasteiger partial charge on any atom is 0.338 e. The second-order valence-corrected chi connectivity index (χ2v) is 4.81. The van der Waals surface area contributed by atoms with Crippen molar-refractivity contribution < 1.29 is 9.53 Å². The molecular formula is C15H19BrO2.